The molecule has 2 heteroatoms. The van der Waals surface area contributed by atoms with Crippen LogP contribution >= 0.6 is 0 Å². The molecule has 74 heavy (non-hydrogen) atoms. The second kappa shape index (κ2) is 51.9. The summed E-state index contributed by atoms with van der Waals surface area (Å²) in [6.07, 6.45) is 77.8. The van der Waals surface area contributed by atoms with Crippen molar-refractivity contribution < 1.29 is 9.90 Å². The van der Waals surface area contributed by atoms with Crippen molar-refractivity contribution in [1.29, 1.82) is 0 Å². The number of unbranched alkanes of at least 4 members (excludes halogenated alkanes) is 37. The molecule has 0 fully saturated rings. The van der Waals surface area contributed by atoms with Gasteiger partial charge in [-0.25, -0.2) is 0 Å². The Bertz CT molecular complexity index is 1060. The Kier molecular flexibility index (Phi) is 51.5. The van der Waals surface area contributed by atoms with Crippen molar-refractivity contribution in [3.8, 4) is 0 Å². The first-order valence-corrected chi connectivity index (χ1v) is 35.4. The highest BCUT2D eigenvalue weighted by Crippen LogP contribution is 2.69. The molecule has 0 aromatic rings. The smallest absolute Gasteiger partial charge is 0.309 e. The maximum Gasteiger partial charge on any atom is 0.309 e. The second-order valence-electron chi connectivity index (χ2n) is 25.9. The summed E-state index contributed by atoms with van der Waals surface area (Å²) in [7, 11) is 0. The fourth-order valence-corrected chi connectivity index (χ4v) is 15.1. The van der Waals surface area contributed by atoms with Crippen molar-refractivity contribution in [1.82, 2.24) is 0 Å². The van der Waals surface area contributed by atoms with Crippen LogP contribution in [0.5, 0.6) is 0 Å². The molecule has 0 saturated heterocycles. The van der Waals surface area contributed by atoms with Gasteiger partial charge in [0.15, 0.2) is 0 Å². The molecule has 0 aromatic heterocycles. The summed E-state index contributed by atoms with van der Waals surface area (Å²) < 4.78 is 0. The van der Waals surface area contributed by atoms with E-state index in [1.807, 2.05) is 0 Å². The average molecular weight is 1040 g/mol. The molecule has 0 unspecified atom stereocenters. The van der Waals surface area contributed by atoms with E-state index in [2.05, 4.69) is 62.3 Å². The summed E-state index contributed by atoms with van der Waals surface area (Å²) >= 11 is 0. The van der Waals surface area contributed by atoms with Crippen molar-refractivity contribution in [2.45, 2.75) is 435 Å². The number of carbonyl (C=O) groups is 1. The Labute approximate surface area is 470 Å². The largest absolute Gasteiger partial charge is 0.481 e. The lowest BCUT2D eigenvalue weighted by Crippen LogP contribution is -2.54. The Hall–Kier alpha value is -0.530. The third kappa shape index (κ3) is 32.5. The van der Waals surface area contributed by atoms with Gasteiger partial charge in [0, 0.05) is 0 Å². The van der Waals surface area contributed by atoms with Crippen LogP contribution < -0.4 is 0 Å². The van der Waals surface area contributed by atoms with Gasteiger partial charge in [-0.05, 0) is 86.9 Å². The van der Waals surface area contributed by atoms with Gasteiger partial charge in [0.2, 0.25) is 0 Å². The van der Waals surface area contributed by atoms with Crippen LogP contribution in [0.1, 0.15) is 435 Å². The number of hydrogen-bond acceptors (Lipinski definition) is 1. The lowest BCUT2D eigenvalue weighted by molar-refractivity contribution is -0.151. The van der Waals surface area contributed by atoms with E-state index in [0.29, 0.717) is 16.2 Å². The monoisotopic (exact) mass is 1040 g/mol. The first kappa shape index (κ1) is 73.5. The van der Waals surface area contributed by atoms with Gasteiger partial charge in [-0.1, -0.05) is 364 Å². The van der Waals surface area contributed by atoms with Gasteiger partial charge in [0.25, 0.3) is 0 Å². The van der Waals surface area contributed by atoms with Crippen molar-refractivity contribution in [3.05, 3.63) is 0 Å². The first-order chi connectivity index (χ1) is 36.2. The van der Waals surface area contributed by atoms with Crippen LogP contribution in [0.4, 0.5) is 0 Å². The molecule has 2 nitrogen and oxygen atoms in total. The molecule has 1 N–H and O–H groups in total. The van der Waals surface area contributed by atoms with E-state index in [-0.39, 0.29) is 0 Å². The van der Waals surface area contributed by atoms with Gasteiger partial charge in [-0.15, -0.1) is 0 Å². The van der Waals surface area contributed by atoms with Crippen molar-refractivity contribution in [3.63, 3.8) is 0 Å². The number of carboxylic acids is 1. The van der Waals surface area contributed by atoms with Crippen molar-refractivity contribution >= 4 is 5.97 Å². The summed E-state index contributed by atoms with van der Waals surface area (Å²) in [5.41, 5.74) is 0.512. The molecule has 0 aliphatic rings. The fourth-order valence-electron chi connectivity index (χ4n) is 15.1. The van der Waals surface area contributed by atoms with Crippen LogP contribution in [0, 0.1) is 21.7 Å². The minimum Gasteiger partial charge on any atom is -0.481 e. The lowest BCUT2D eigenvalue weighted by Gasteiger charge is -2.64. The minimum absolute atomic E-state index is 0.323. The van der Waals surface area contributed by atoms with E-state index in [1.165, 1.54) is 334 Å². The number of aliphatic carboxylic acids is 1. The molecule has 0 saturated carbocycles. The van der Waals surface area contributed by atoms with Gasteiger partial charge >= 0.3 is 5.97 Å². The molecular weight excluding hydrogens is 897 g/mol. The van der Waals surface area contributed by atoms with Crippen LogP contribution in [0.25, 0.3) is 0 Å². The SMILES string of the molecule is CCCCCCCC(CCCCCCC)(CCCCC(CCCCCCC)(CCCCCCC)C(CCCCCCC)(CCCCCCC)C(CCCCCCC)(CCCCCCC)CCCCCCC)C(=O)O. The molecule has 0 aliphatic carbocycles. The van der Waals surface area contributed by atoms with E-state index in [0.717, 1.165) is 38.5 Å². The maximum absolute atomic E-state index is 13.9. The van der Waals surface area contributed by atoms with Crippen molar-refractivity contribution in [2.75, 3.05) is 0 Å². The predicted molar refractivity (Wildman–Crippen MR) is 336 cm³/mol. The van der Waals surface area contributed by atoms with Crippen LogP contribution in [0.3, 0.4) is 0 Å². The Morgan fingerprint density at radius 3 is 0.554 bits per heavy atom. The van der Waals surface area contributed by atoms with E-state index in [1.54, 1.807) is 0 Å². The topological polar surface area (TPSA) is 37.3 Å². The van der Waals surface area contributed by atoms with Gasteiger partial charge in [-0.3, -0.25) is 4.79 Å². The second-order valence-corrected chi connectivity index (χ2v) is 25.9. The average Bonchev–Trinajstić information content (AvgIpc) is 3.40. The van der Waals surface area contributed by atoms with E-state index in [9.17, 15) is 9.90 Å². The summed E-state index contributed by atoms with van der Waals surface area (Å²) in [6.45, 7) is 21.5. The zero-order valence-corrected chi connectivity index (χ0v) is 53.4. The quantitative estimate of drug-likeness (QED) is 0.0617. The minimum atomic E-state index is -0.545. The van der Waals surface area contributed by atoms with Crippen LogP contribution in [0.2, 0.25) is 0 Å². The molecule has 0 atom stereocenters. The van der Waals surface area contributed by atoms with Crippen LogP contribution in [0.15, 0.2) is 0 Å². The Balaban J connectivity index is 8.46. The molecular formula is C72H144O2. The fraction of sp³-hybridized carbons (Fsp3) is 0.986. The molecule has 0 aromatic carbocycles. The van der Waals surface area contributed by atoms with Gasteiger partial charge in [0.05, 0.1) is 5.41 Å². The van der Waals surface area contributed by atoms with Gasteiger partial charge < -0.3 is 5.11 Å². The Morgan fingerprint density at radius 2 is 0.365 bits per heavy atom. The number of hydrogen-bond donors (Lipinski definition) is 1. The number of rotatable bonds is 62. The lowest BCUT2D eigenvalue weighted by atomic mass is 9.41. The summed E-state index contributed by atoms with van der Waals surface area (Å²) in [5.74, 6) is -0.455. The molecule has 0 radical (unpaired) electrons. The van der Waals surface area contributed by atoms with Crippen LogP contribution in [-0.2, 0) is 4.79 Å². The van der Waals surface area contributed by atoms with Crippen LogP contribution in [-0.4, -0.2) is 11.1 Å². The molecule has 0 amide bonds. The van der Waals surface area contributed by atoms with Crippen molar-refractivity contribution in [2.24, 2.45) is 21.7 Å². The molecule has 0 heterocycles. The summed E-state index contributed by atoms with van der Waals surface area (Å²) in [5, 5.41) is 11.4. The number of carboxylic acid groups (broad SMARTS) is 1. The molecule has 0 rings (SSSR count). The highest BCUT2D eigenvalue weighted by molar-refractivity contribution is 5.74. The third-order valence-corrected chi connectivity index (χ3v) is 19.8. The maximum atomic E-state index is 13.9. The Morgan fingerprint density at radius 1 is 0.216 bits per heavy atom. The van der Waals surface area contributed by atoms with E-state index in [4.69, 9.17) is 0 Å². The first-order valence-electron chi connectivity index (χ1n) is 35.4. The third-order valence-electron chi connectivity index (χ3n) is 19.8. The zero-order valence-electron chi connectivity index (χ0n) is 53.4. The molecule has 0 aliphatic heterocycles. The van der Waals surface area contributed by atoms with E-state index < -0.39 is 11.4 Å². The van der Waals surface area contributed by atoms with Gasteiger partial charge in [-0.2, -0.15) is 0 Å². The predicted octanol–water partition coefficient (Wildman–Crippen LogP) is 26.8. The summed E-state index contributed by atoms with van der Waals surface area (Å²) in [6, 6.07) is 0. The molecule has 0 spiro atoms. The molecule has 444 valence electrons. The molecule has 0 bridgehead atoms. The highest BCUT2D eigenvalue weighted by atomic mass is 16.4. The standard InChI is InChI=1S/C72H144O2/c1-10-19-28-37-46-57-69(68(73)74,58-47-38-29-20-11-2)59-55-56-65-71(63-51-42-33-24-15-6,64-52-43-34-25-16-7)72(66-53-44-35-26-17-8,67-54-45-36-27-18-9)70(60-48-39-30-21-12-3,61-49-40-31-22-13-4)62-50-41-32-23-14-5/h10-67H2,1-9H3,(H,73,74). The normalized spacial score (nSPS) is 12.7. The highest BCUT2D eigenvalue weighted by Gasteiger charge is 2.59. The van der Waals surface area contributed by atoms with Gasteiger partial charge in [0.1, 0.15) is 0 Å². The zero-order chi connectivity index (χ0) is 54.6. The summed E-state index contributed by atoms with van der Waals surface area (Å²) in [4.78, 5) is 13.9. The van der Waals surface area contributed by atoms with E-state index >= 15 is 0 Å².